The average Bonchev–Trinajstić information content (AvgIpc) is 2.77. The highest BCUT2D eigenvalue weighted by Gasteiger charge is 2.26. The highest BCUT2D eigenvalue weighted by atomic mass is 19.4. The minimum absolute atomic E-state index is 0.147. The molecule has 0 aliphatic heterocycles. The van der Waals surface area contributed by atoms with Gasteiger partial charge in [-0.2, -0.15) is 13.2 Å². The Morgan fingerprint density at radius 2 is 2.17 bits per heavy atom. The molecule has 8 heteroatoms. The fraction of sp³-hybridized carbons (Fsp3) is 0.500. The van der Waals surface area contributed by atoms with E-state index >= 15 is 0 Å². The lowest BCUT2D eigenvalue weighted by Crippen LogP contribution is -2.39. The van der Waals surface area contributed by atoms with Gasteiger partial charge in [0.25, 0.3) is 0 Å². The lowest BCUT2D eigenvalue weighted by molar-refractivity contribution is -0.132. The van der Waals surface area contributed by atoms with Gasteiger partial charge in [-0.1, -0.05) is 0 Å². The van der Waals surface area contributed by atoms with Gasteiger partial charge in [-0.3, -0.25) is 0 Å². The Morgan fingerprint density at radius 3 is 2.72 bits per heavy atom. The van der Waals surface area contributed by atoms with Crippen molar-refractivity contribution in [3.63, 3.8) is 0 Å². The first-order chi connectivity index (χ1) is 8.38. The Hall–Kier alpha value is -1.70. The zero-order valence-electron chi connectivity index (χ0n) is 9.33. The molecule has 1 rings (SSSR count). The van der Waals surface area contributed by atoms with E-state index in [2.05, 4.69) is 5.32 Å². The number of halogens is 3. The van der Waals surface area contributed by atoms with Crippen LogP contribution >= 0.6 is 0 Å². The van der Waals surface area contributed by atoms with Crippen LogP contribution in [0.15, 0.2) is 22.8 Å². The predicted octanol–water partition coefficient (Wildman–Crippen LogP) is 1.56. The van der Waals surface area contributed by atoms with Crippen molar-refractivity contribution >= 4 is 6.03 Å². The molecule has 3 N–H and O–H groups in total. The molecule has 2 amide bonds. The fourth-order valence-corrected chi connectivity index (χ4v) is 1.15. The molecule has 0 spiro atoms. The number of aliphatic hydroxyl groups is 1. The van der Waals surface area contributed by atoms with Crippen LogP contribution in [-0.4, -0.2) is 30.4 Å². The Bertz CT molecular complexity index is 365. The molecule has 0 aliphatic carbocycles. The van der Waals surface area contributed by atoms with Crippen molar-refractivity contribution in [3.8, 4) is 0 Å². The van der Waals surface area contributed by atoms with Gasteiger partial charge in [0.1, 0.15) is 11.9 Å². The molecule has 0 saturated carbocycles. The van der Waals surface area contributed by atoms with Crippen molar-refractivity contribution in [1.29, 1.82) is 0 Å². The molecule has 1 unspecified atom stereocenters. The van der Waals surface area contributed by atoms with Gasteiger partial charge in [0.2, 0.25) is 0 Å². The van der Waals surface area contributed by atoms with Crippen LogP contribution in [0.5, 0.6) is 0 Å². The van der Waals surface area contributed by atoms with Crippen LogP contribution in [0.1, 0.15) is 18.3 Å². The lowest BCUT2D eigenvalue weighted by atomic mass is 10.3. The molecule has 0 bridgehead atoms. The van der Waals surface area contributed by atoms with Crippen LogP contribution in [0.3, 0.4) is 0 Å². The summed E-state index contributed by atoms with van der Waals surface area (Å²) < 4.78 is 40.2. The highest BCUT2D eigenvalue weighted by molar-refractivity contribution is 5.73. The van der Waals surface area contributed by atoms with E-state index in [-0.39, 0.29) is 12.3 Å². The van der Waals surface area contributed by atoms with Crippen LogP contribution in [0.25, 0.3) is 0 Å². The van der Waals surface area contributed by atoms with Crippen molar-refractivity contribution in [2.24, 2.45) is 0 Å². The summed E-state index contributed by atoms with van der Waals surface area (Å²) in [7, 11) is 0. The van der Waals surface area contributed by atoms with E-state index in [1.54, 1.807) is 6.07 Å². The molecule has 1 aromatic rings. The first-order valence-corrected chi connectivity index (χ1v) is 5.18. The van der Waals surface area contributed by atoms with Crippen LogP contribution < -0.4 is 10.6 Å². The zero-order valence-corrected chi connectivity index (χ0v) is 9.33. The van der Waals surface area contributed by atoms with Gasteiger partial charge >= 0.3 is 12.2 Å². The van der Waals surface area contributed by atoms with Gasteiger partial charge in [0.15, 0.2) is 0 Å². The van der Waals surface area contributed by atoms with Gasteiger partial charge < -0.3 is 20.2 Å². The molecule has 0 radical (unpaired) electrons. The number of aliphatic hydroxyl groups excluding tert-OH is 1. The van der Waals surface area contributed by atoms with E-state index in [0.717, 1.165) is 0 Å². The molecule has 0 aromatic carbocycles. The molecule has 0 saturated heterocycles. The lowest BCUT2D eigenvalue weighted by Gasteiger charge is -2.11. The van der Waals surface area contributed by atoms with Crippen LogP contribution in [0.4, 0.5) is 18.0 Å². The number of carbonyl (C=O) groups is 1. The van der Waals surface area contributed by atoms with Crippen LogP contribution in [0.2, 0.25) is 0 Å². The molecule has 102 valence electrons. The van der Waals surface area contributed by atoms with Crippen LogP contribution in [-0.2, 0) is 0 Å². The monoisotopic (exact) mass is 266 g/mol. The molecule has 1 aromatic heterocycles. The topological polar surface area (TPSA) is 74.5 Å². The summed E-state index contributed by atoms with van der Waals surface area (Å²) in [4.78, 5) is 11.1. The number of rotatable bonds is 5. The summed E-state index contributed by atoms with van der Waals surface area (Å²) in [5.41, 5.74) is 0. The van der Waals surface area contributed by atoms with E-state index in [1.807, 2.05) is 5.32 Å². The van der Waals surface area contributed by atoms with Gasteiger partial charge in [-0.05, 0) is 12.1 Å². The Labute approximate surface area is 101 Å². The third-order valence-electron chi connectivity index (χ3n) is 2.02. The molecular weight excluding hydrogens is 253 g/mol. The SMILES string of the molecule is O=C(NCCC(F)(F)F)NCC(O)c1ccco1. The molecule has 0 fully saturated rings. The van der Waals surface area contributed by atoms with Crippen molar-refractivity contribution in [2.45, 2.75) is 18.7 Å². The second-order valence-corrected chi connectivity index (χ2v) is 3.53. The summed E-state index contributed by atoms with van der Waals surface area (Å²) in [6.07, 6.45) is -5.07. The van der Waals surface area contributed by atoms with Crippen LogP contribution in [0, 0.1) is 0 Å². The number of alkyl halides is 3. The predicted molar refractivity (Wildman–Crippen MR) is 55.7 cm³/mol. The number of furan rings is 1. The van der Waals surface area contributed by atoms with E-state index < -0.39 is 31.3 Å². The molecule has 1 heterocycles. The third-order valence-corrected chi connectivity index (χ3v) is 2.02. The van der Waals surface area contributed by atoms with Crippen molar-refractivity contribution in [3.05, 3.63) is 24.2 Å². The standard InChI is InChI=1S/C10H13F3N2O3/c11-10(12,13)3-4-14-9(17)15-6-7(16)8-2-1-5-18-8/h1-2,5,7,16H,3-4,6H2,(H2,14,15,17). The van der Waals surface area contributed by atoms with E-state index in [0.29, 0.717) is 0 Å². The molecule has 5 nitrogen and oxygen atoms in total. The summed E-state index contributed by atoms with van der Waals surface area (Å²) in [6, 6.07) is 2.32. The van der Waals surface area contributed by atoms with Gasteiger partial charge in [0, 0.05) is 6.54 Å². The third kappa shape index (κ3) is 5.58. The van der Waals surface area contributed by atoms with Crippen molar-refractivity contribution < 1.29 is 27.5 Å². The number of hydrogen-bond donors (Lipinski definition) is 3. The molecule has 1 atom stereocenters. The van der Waals surface area contributed by atoms with E-state index in [9.17, 15) is 23.1 Å². The number of urea groups is 1. The molecule has 18 heavy (non-hydrogen) atoms. The summed E-state index contributed by atoms with van der Waals surface area (Å²) in [5, 5.41) is 13.8. The normalized spacial score (nSPS) is 13.1. The van der Waals surface area contributed by atoms with E-state index in [1.165, 1.54) is 12.3 Å². The van der Waals surface area contributed by atoms with Crippen molar-refractivity contribution in [2.75, 3.05) is 13.1 Å². The largest absolute Gasteiger partial charge is 0.467 e. The van der Waals surface area contributed by atoms with Gasteiger partial charge in [-0.15, -0.1) is 0 Å². The second kappa shape index (κ2) is 6.29. The quantitative estimate of drug-likeness (QED) is 0.757. The summed E-state index contributed by atoms with van der Waals surface area (Å²) in [6.45, 7) is -0.655. The van der Waals surface area contributed by atoms with Gasteiger partial charge in [0.05, 0.1) is 19.2 Å². The van der Waals surface area contributed by atoms with Crippen molar-refractivity contribution in [1.82, 2.24) is 10.6 Å². The Morgan fingerprint density at radius 1 is 1.44 bits per heavy atom. The Kier molecular flexibility index (Phi) is 5.02. The average molecular weight is 266 g/mol. The maximum atomic E-state index is 11.8. The zero-order chi connectivity index (χ0) is 13.6. The Balaban J connectivity index is 2.17. The highest BCUT2D eigenvalue weighted by Crippen LogP contribution is 2.18. The minimum Gasteiger partial charge on any atom is -0.467 e. The maximum absolute atomic E-state index is 11.8. The molecule has 0 aliphatic rings. The number of amides is 2. The molecular formula is C10H13F3N2O3. The first-order valence-electron chi connectivity index (χ1n) is 5.18. The summed E-state index contributed by atoms with van der Waals surface area (Å²) in [5.74, 6) is 0.269. The minimum atomic E-state index is -4.30. The van der Waals surface area contributed by atoms with Gasteiger partial charge in [-0.25, -0.2) is 4.79 Å². The number of nitrogens with one attached hydrogen (secondary N) is 2. The fourth-order valence-electron chi connectivity index (χ4n) is 1.15. The first kappa shape index (κ1) is 14.4. The number of hydrogen-bond acceptors (Lipinski definition) is 3. The van der Waals surface area contributed by atoms with E-state index in [4.69, 9.17) is 4.42 Å². The number of carbonyl (C=O) groups excluding carboxylic acids is 1. The smallest absolute Gasteiger partial charge is 0.390 e. The summed E-state index contributed by atoms with van der Waals surface area (Å²) >= 11 is 0. The second-order valence-electron chi connectivity index (χ2n) is 3.53. The maximum Gasteiger partial charge on any atom is 0.390 e.